The topological polar surface area (TPSA) is 72.7 Å². The number of hydrogen-bond donors (Lipinski definition) is 1. The molecular formula is C20H23N5OS. The van der Waals surface area contributed by atoms with E-state index < -0.39 is 0 Å². The number of anilines is 1. The van der Waals surface area contributed by atoms with Crippen LogP contribution in [0.1, 0.15) is 31.9 Å². The van der Waals surface area contributed by atoms with E-state index in [1.807, 2.05) is 55.5 Å². The fraction of sp³-hybridized carbons (Fsp3) is 0.300. The van der Waals surface area contributed by atoms with Crippen molar-refractivity contribution >= 4 is 23.4 Å². The Labute approximate surface area is 163 Å². The molecule has 0 aliphatic heterocycles. The van der Waals surface area contributed by atoms with Crippen molar-refractivity contribution in [3.63, 3.8) is 0 Å². The van der Waals surface area contributed by atoms with Gasteiger partial charge in [-0.25, -0.2) is 0 Å². The Hall–Kier alpha value is -2.67. The van der Waals surface area contributed by atoms with Gasteiger partial charge in [0.15, 0.2) is 0 Å². The van der Waals surface area contributed by atoms with E-state index in [1.54, 1.807) is 4.68 Å². The molecule has 0 radical (unpaired) electrons. The average Bonchev–Trinajstić information content (AvgIpc) is 3.09. The van der Waals surface area contributed by atoms with Gasteiger partial charge in [0.2, 0.25) is 11.1 Å². The quantitative estimate of drug-likeness (QED) is 0.676. The molecule has 2 aromatic carbocycles. The third-order valence-electron chi connectivity index (χ3n) is 4.09. The zero-order valence-electron chi connectivity index (χ0n) is 15.9. The highest BCUT2D eigenvalue weighted by Gasteiger charge is 2.14. The Kier molecular flexibility index (Phi) is 5.60. The first-order valence-electron chi connectivity index (χ1n) is 8.71. The van der Waals surface area contributed by atoms with E-state index in [4.69, 9.17) is 0 Å². The van der Waals surface area contributed by atoms with E-state index in [1.165, 1.54) is 17.3 Å². The van der Waals surface area contributed by atoms with Crippen LogP contribution in [-0.2, 0) is 10.2 Å². The van der Waals surface area contributed by atoms with Crippen LogP contribution in [0.15, 0.2) is 53.7 Å². The number of carbonyl (C=O) groups excluding carboxylic acids is 1. The van der Waals surface area contributed by atoms with Crippen LogP contribution < -0.4 is 5.32 Å². The number of carbonyl (C=O) groups is 1. The fourth-order valence-electron chi connectivity index (χ4n) is 2.50. The maximum Gasteiger partial charge on any atom is 0.234 e. The molecule has 6 nitrogen and oxygen atoms in total. The summed E-state index contributed by atoms with van der Waals surface area (Å²) in [6.45, 7) is 8.51. The van der Waals surface area contributed by atoms with Crippen LogP contribution in [0.2, 0.25) is 0 Å². The van der Waals surface area contributed by atoms with Crippen LogP contribution in [0.3, 0.4) is 0 Å². The van der Waals surface area contributed by atoms with Gasteiger partial charge in [0, 0.05) is 5.69 Å². The summed E-state index contributed by atoms with van der Waals surface area (Å²) in [5.74, 6) is 0.134. The SMILES string of the molecule is Cc1ccc(-n2nnnc2SCC(=O)Nc2ccc(C(C)(C)C)cc2)cc1. The van der Waals surface area contributed by atoms with Crippen molar-refractivity contribution in [2.24, 2.45) is 0 Å². The zero-order valence-corrected chi connectivity index (χ0v) is 16.7. The van der Waals surface area contributed by atoms with Gasteiger partial charge in [-0.15, -0.1) is 5.10 Å². The number of hydrogen-bond acceptors (Lipinski definition) is 5. The van der Waals surface area contributed by atoms with E-state index in [0.717, 1.165) is 16.9 Å². The molecule has 1 heterocycles. The minimum absolute atomic E-state index is 0.0887. The van der Waals surface area contributed by atoms with Crippen molar-refractivity contribution in [2.45, 2.75) is 38.3 Å². The minimum atomic E-state index is -0.0954. The van der Waals surface area contributed by atoms with Gasteiger partial charge in [0.25, 0.3) is 0 Å². The predicted molar refractivity (Wildman–Crippen MR) is 108 cm³/mol. The molecule has 7 heteroatoms. The minimum Gasteiger partial charge on any atom is -0.325 e. The first kappa shape index (κ1) is 19.1. The molecule has 1 amide bonds. The summed E-state index contributed by atoms with van der Waals surface area (Å²) < 4.78 is 1.63. The molecule has 27 heavy (non-hydrogen) atoms. The van der Waals surface area contributed by atoms with Crippen LogP contribution in [-0.4, -0.2) is 31.9 Å². The van der Waals surface area contributed by atoms with Crippen molar-refractivity contribution in [1.29, 1.82) is 0 Å². The Morgan fingerprint density at radius 1 is 1.07 bits per heavy atom. The molecule has 3 aromatic rings. The molecule has 1 aromatic heterocycles. The molecule has 140 valence electrons. The van der Waals surface area contributed by atoms with Gasteiger partial charge in [-0.1, -0.05) is 62.4 Å². The Balaban J connectivity index is 1.60. The number of benzene rings is 2. The highest BCUT2D eigenvalue weighted by molar-refractivity contribution is 7.99. The van der Waals surface area contributed by atoms with E-state index in [2.05, 4.69) is 41.6 Å². The van der Waals surface area contributed by atoms with E-state index in [9.17, 15) is 4.79 Å². The highest BCUT2D eigenvalue weighted by atomic mass is 32.2. The van der Waals surface area contributed by atoms with Gasteiger partial charge in [-0.05, 0) is 52.6 Å². The van der Waals surface area contributed by atoms with Gasteiger partial charge >= 0.3 is 0 Å². The average molecular weight is 382 g/mol. The summed E-state index contributed by atoms with van der Waals surface area (Å²) >= 11 is 1.30. The van der Waals surface area contributed by atoms with Crippen LogP contribution in [0, 0.1) is 6.92 Å². The van der Waals surface area contributed by atoms with Gasteiger partial charge < -0.3 is 5.32 Å². The van der Waals surface area contributed by atoms with Crippen molar-refractivity contribution < 1.29 is 4.79 Å². The molecule has 0 atom stereocenters. The van der Waals surface area contributed by atoms with E-state index >= 15 is 0 Å². The molecule has 0 spiro atoms. The van der Waals surface area contributed by atoms with E-state index in [-0.39, 0.29) is 17.1 Å². The van der Waals surface area contributed by atoms with Gasteiger partial charge in [0.1, 0.15) is 0 Å². The van der Waals surface area contributed by atoms with Crippen LogP contribution in [0.4, 0.5) is 5.69 Å². The highest BCUT2D eigenvalue weighted by Crippen LogP contribution is 2.24. The first-order chi connectivity index (χ1) is 12.8. The summed E-state index contributed by atoms with van der Waals surface area (Å²) in [4.78, 5) is 12.3. The third-order valence-corrected chi connectivity index (χ3v) is 5.01. The number of tetrazole rings is 1. The number of amides is 1. The van der Waals surface area contributed by atoms with E-state index in [0.29, 0.717) is 5.16 Å². The number of aromatic nitrogens is 4. The number of nitrogens with one attached hydrogen (secondary N) is 1. The molecule has 1 N–H and O–H groups in total. The number of rotatable bonds is 5. The zero-order chi connectivity index (χ0) is 19.4. The second-order valence-corrected chi connectivity index (χ2v) is 8.32. The molecule has 0 aliphatic rings. The lowest BCUT2D eigenvalue weighted by Crippen LogP contribution is -2.15. The third kappa shape index (κ3) is 4.95. The predicted octanol–water partition coefficient (Wildman–Crippen LogP) is 4.00. The Morgan fingerprint density at radius 2 is 1.74 bits per heavy atom. The normalized spacial score (nSPS) is 11.4. The molecule has 0 fully saturated rings. The molecular weight excluding hydrogens is 358 g/mol. The van der Waals surface area contributed by atoms with Crippen LogP contribution in [0.5, 0.6) is 0 Å². The summed E-state index contributed by atoms with van der Waals surface area (Å²) in [5.41, 5.74) is 4.13. The second-order valence-electron chi connectivity index (χ2n) is 7.37. The number of thioether (sulfide) groups is 1. The number of nitrogens with zero attached hydrogens (tertiary/aromatic N) is 4. The molecule has 0 aliphatic carbocycles. The lowest BCUT2D eigenvalue weighted by atomic mass is 9.87. The van der Waals surface area contributed by atoms with Gasteiger partial charge in [0.05, 0.1) is 11.4 Å². The van der Waals surface area contributed by atoms with Crippen molar-refractivity contribution in [3.8, 4) is 5.69 Å². The maximum absolute atomic E-state index is 12.3. The molecule has 0 saturated carbocycles. The lowest BCUT2D eigenvalue weighted by molar-refractivity contribution is -0.113. The van der Waals surface area contributed by atoms with Crippen LogP contribution >= 0.6 is 11.8 Å². The summed E-state index contributed by atoms with van der Waals surface area (Å²) in [7, 11) is 0. The fourth-order valence-corrected chi connectivity index (χ4v) is 3.19. The van der Waals surface area contributed by atoms with Crippen LogP contribution in [0.25, 0.3) is 5.69 Å². The summed E-state index contributed by atoms with van der Waals surface area (Å²) in [6.07, 6.45) is 0. The Bertz CT molecular complexity index is 911. The van der Waals surface area contributed by atoms with Crippen molar-refractivity contribution in [1.82, 2.24) is 20.2 Å². The maximum atomic E-state index is 12.3. The first-order valence-corrected chi connectivity index (χ1v) is 9.70. The van der Waals surface area contributed by atoms with Gasteiger partial charge in [-0.3, -0.25) is 4.79 Å². The second kappa shape index (κ2) is 7.92. The monoisotopic (exact) mass is 381 g/mol. The molecule has 3 rings (SSSR count). The summed E-state index contributed by atoms with van der Waals surface area (Å²) in [5, 5.41) is 15.2. The molecule has 0 bridgehead atoms. The van der Waals surface area contributed by atoms with Crippen molar-refractivity contribution in [2.75, 3.05) is 11.1 Å². The van der Waals surface area contributed by atoms with Crippen molar-refractivity contribution in [3.05, 3.63) is 59.7 Å². The summed E-state index contributed by atoms with van der Waals surface area (Å²) in [6, 6.07) is 15.8. The smallest absolute Gasteiger partial charge is 0.234 e. The van der Waals surface area contributed by atoms with Gasteiger partial charge in [-0.2, -0.15) is 4.68 Å². The Morgan fingerprint density at radius 3 is 2.37 bits per heavy atom. The molecule has 0 saturated heterocycles. The molecule has 0 unspecified atom stereocenters. The number of aryl methyl sites for hydroxylation is 1. The largest absolute Gasteiger partial charge is 0.325 e. The standard InChI is InChI=1S/C20H23N5OS/c1-14-5-11-17(12-6-14)25-19(22-23-24-25)27-13-18(26)21-16-9-7-15(8-10-16)20(2,3)4/h5-12H,13H2,1-4H3,(H,21,26). The lowest BCUT2D eigenvalue weighted by Gasteiger charge is -2.19.